The normalized spacial score (nSPS) is 19.0. The maximum absolute atomic E-state index is 12.8. The van der Waals surface area contributed by atoms with Crippen LogP contribution in [-0.2, 0) is 9.53 Å². The van der Waals surface area contributed by atoms with Crippen molar-refractivity contribution in [3.05, 3.63) is 59.1 Å². The summed E-state index contributed by atoms with van der Waals surface area (Å²) >= 11 is 6.45. The first-order valence-corrected chi connectivity index (χ1v) is 12.6. The highest BCUT2D eigenvalue weighted by Gasteiger charge is 2.30. The van der Waals surface area contributed by atoms with Crippen LogP contribution in [0.3, 0.4) is 0 Å². The van der Waals surface area contributed by atoms with Gasteiger partial charge < -0.3 is 15.0 Å². The van der Waals surface area contributed by atoms with Crippen LogP contribution in [0, 0.1) is 12.8 Å². The van der Waals surface area contributed by atoms with Crippen LogP contribution in [0.25, 0.3) is 27.8 Å². The van der Waals surface area contributed by atoms with Crippen molar-refractivity contribution in [3.8, 4) is 5.82 Å². The summed E-state index contributed by atoms with van der Waals surface area (Å²) in [5.74, 6) is 1.82. The molecule has 7 nitrogen and oxygen atoms in total. The summed E-state index contributed by atoms with van der Waals surface area (Å²) in [5.41, 5.74) is 3.76. The summed E-state index contributed by atoms with van der Waals surface area (Å²) in [6.07, 6.45) is 2.47. The Kier molecular flexibility index (Phi) is 5.82. The average molecular weight is 490 g/mol. The molecule has 1 atom stereocenters. The Morgan fingerprint density at radius 2 is 1.89 bits per heavy atom. The second kappa shape index (κ2) is 9.13. The lowest BCUT2D eigenvalue weighted by Gasteiger charge is -2.32. The number of anilines is 1. The maximum atomic E-state index is 12.8. The molecular formula is C27H28ClN5O2. The van der Waals surface area contributed by atoms with Crippen LogP contribution in [0.5, 0.6) is 0 Å². The number of carbonyl (C=O) groups excluding carboxylic acids is 1. The molecule has 180 valence electrons. The summed E-state index contributed by atoms with van der Waals surface area (Å²) in [4.78, 5) is 25.0. The van der Waals surface area contributed by atoms with E-state index in [9.17, 15) is 4.79 Å². The van der Waals surface area contributed by atoms with Crippen LogP contribution in [-0.4, -0.2) is 52.8 Å². The Balaban J connectivity index is 1.33. The van der Waals surface area contributed by atoms with Gasteiger partial charge in [0.25, 0.3) is 0 Å². The van der Waals surface area contributed by atoms with Gasteiger partial charge in [0.15, 0.2) is 0 Å². The third-order valence-corrected chi connectivity index (χ3v) is 7.56. The predicted molar refractivity (Wildman–Crippen MR) is 138 cm³/mol. The number of carbonyl (C=O) groups is 1. The van der Waals surface area contributed by atoms with E-state index < -0.39 is 0 Å². The number of halogens is 1. The van der Waals surface area contributed by atoms with Crippen molar-refractivity contribution in [3.63, 3.8) is 0 Å². The minimum atomic E-state index is 0.0140. The summed E-state index contributed by atoms with van der Waals surface area (Å²) in [7, 11) is 0. The van der Waals surface area contributed by atoms with Crippen molar-refractivity contribution in [1.82, 2.24) is 19.9 Å². The summed E-state index contributed by atoms with van der Waals surface area (Å²) < 4.78 is 7.52. The first-order chi connectivity index (χ1) is 17.1. The zero-order valence-corrected chi connectivity index (χ0v) is 20.5. The molecule has 1 amide bonds. The fourth-order valence-electron chi connectivity index (χ4n) is 5.12. The van der Waals surface area contributed by atoms with E-state index in [0.29, 0.717) is 11.6 Å². The number of rotatable bonds is 4. The van der Waals surface area contributed by atoms with Crippen molar-refractivity contribution < 1.29 is 9.53 Å². The molecule has 0 aliphatic carbocycles. The lowest BCUT2D eigenvalue weighted by Crippen LogP contribution is -2.44. The van der Waals surface area contributed by atoms with Gasteiger partial charge in [-0.2, -0.15) is 0 Å². The molecule has 2 fully saturated rings. The molecular weight excluding hydrogens is 462 g/mol. The van der Waals surface area contributed by atoms with Crippen molar-refractivity contribution in [2.75, 3.05) is 31.2 Å². The number of para-hydroxylation sites is 1. The van der Waals surface area contributed by atoms with Gasteiger partial charge in [0.05, 0.1) is 29.2 Å². The first kappa shape index (κ1) is 22.3. The summed E-state index contributed by atoms with van der Waals surface area (Å²) in [6, 6.07) is 16.4. The van der Waals surface area contributed by atoms with E-state index in [1.54, 1.807) is 0 Å². The van der Waals surface area contributed by atoms with Crippen molar-refractivity contribution >= 4 is 45.4 Å². The third kappa shape index (κ3) is 4.23. The van der Waals surface area contributed by atoms with Gasteiger partial charge in [0.2, 0.25) is 11.9 Å². The van der Waals surface area contributed by atoms with Gasteiger partial charge in [-0.1, -0.05) is 29.8 Å². The van der Waals surface area contributed by atoms with Crippen LogP contribution >= 0.6 is 11.6 Å². The van der Waals surface area contributed by atoms with Crippen molar-refractivity contribution in [2.45, 2.75) is 32.2 Å². The Morgan fingerprint density at radius 3 is 2.69 bits per heavy atom. The molecule has 8 heteroatoms. The summed E-state index contributed by atoms with van der Waals surface area (Å²) in [5, 5.41) is 4.96. The molecule has 2 saturated heterocycles. The molecule has 2 aliphatic heterocycles. The highest BCUT2D eigenvalue weighted by molar-refractivity contribution is 6.32. The fourth-order valence-corrected chi connectivity index (χ4v) is 5.27. The molecule has 2 aromatic heterocycles. The smallest absolute Gasteiger partial charge is 0.223 e. The van der Waals surface area contributed by atoms with E-state index in [1.807, 2.05) is 37.3 Å². The predicted octanol–water partition coefficient (Wildman–Crippen LogP) is 4.66. The fraction of sp³-hybridized carbons (Fsp3) is 0.370. The van der Waals surface area contributed by atoms with Crippen LogP contribution in [0.15, 0.2) is 48.5 Å². The molecule has 6 rings (SSSR count). The number of aromatic nitrogens is 3. The minimum Gasteiger partial charge on any atom is -0.379 e. The molecule has 4 heterocycles. The van der Waals surface area contributed by atoms with Crippen LogP contribution < -0.4 is 10.2 Å². The van der Waals surface area contributed by atoms with Gasteiger partial charge in [-0.05, 0) is 62.1 Å². The molecule has 0 bridgehead atoms. The molecule has 0 unspecified atom stereocenters. The Labute approximate surface area is 209 Å². The lowest BCUT2D eigenvalue weighted by molar-refractivity contribution is -0.126. The number of piperidine rings is 1. The Bertz CT molecular complexity index is 1400. The van der Waals surface area contributed by atoms with Gasteiger partial charge in [-0.25, -0.2) is 9.97 Å². The average Bonchev–Trinajstić information content (AvgIpc) is 3.52. The molecule has 4 aromatic rings. The number of benzene rings is 2. The minimum absolute atomic E-state index is 0.0140. The van der Waals surface area contributed by atoms with E-state index >= 15 is 0 Å². The zero-order chi connectivity index (χ0) is 23.9. The molecule has 0 spiro atoms. The van der Waals surface area contributed by atoms with Crippen molar-refractivity contribution in [2.24, 2.45) is 5.92 Å². The second-order valence-electron chi connectivity index (χ2n) is 9.53. The standard InChI is InChI=1S/C27H28ClN5O2/c1-17-14-24-23(15-21(17)28)31-27(33(24)25-7-6-18-4-2-3-5-22(18)30-25)32-11-8-19(9-12-32)26(34)29-20-10-13-35-16-20/h2-7,14-15,19-20H,8-13,16H2,1H3,(H,29,34)/t20-/m1/s1. The Morgan fingerprint density at radius 1 is 1.06 bits per heavy atom. The number of nitrogens with zero attached hydrogens (tertiary/aromatic N) is 4. The van der Waals surface area contributed by atoms with Gasteiger partial charge in [0, 0.05) is 36.0 Å². The van der Waals surface area contributed by atoms with Gasteiger partial charge in [-0.3, -0.25) is 9.36 Å². The number of fused-ring (bicyclic) bond motifs is 2. The van der Waals surface area contributed by atoms with Gasteiger partial charge in [0.1, 0.15) is 5.82 Å². The number of aryl methyl sites for hydroxylation is 1. The number of hydrogen-bond donors (Lipinski definition) is 1. The molecule has 2 aromatic carbocycles. The number of pyridine rings is 1. The van der Waals surface area contributed by atoms with Crippen LogP contribution in [0.2, 0.25) is 5.02 Å². The molecule has 35 heavy (non-hydrogen) atoms. The van der Waals surface area contributed by atoms with E-state index in [0.717, 1.165) is 78.2 Å². The lowest BCUT2D eigenvalue weighted by atomic mass is 9.95. The number of amides is 1. The first-order valence-electron chi connectivity index (χ1n) is 12.2. The van der Waals surface area contributed by atoms with Crippen LogP contribution in [0.4, 0.5) is 5.95 Å². The van der Waals surface area contributed by atoms with Crippen molar-refractivity contribution in [1.29, 1.82) is 0 Å². The van der Waals surface area contributed by atoms with Crippen LogP contribution in [0.1, 0.15) is 24.8 Å². The van der Waals surface area contributed by atoms with E-state index in [4.69, 9.17) is 26.3 Å². The highest BCUT2D eigenvalue weighted by Crippen LogP contribution is 2.33. The SMILES string of the molecule is Cc1cc2c(cc1Cl)nc(N1CCC(C(=O)N[C@@H]3CCOC3)CC1)n2-c1ccc2ccccc2n1. The highest BCUT2D eigenvalue weighted by atomic mass is 35.5. The zero-order valence-electron chi connectivity index (χ0n) is 19.7. The summed E-state index contributed by atoms with van der Waals surface area (Å²) in [6.45, 7) is 4.86. The number of nitrogens with one attached hydrogen (secondary N) is 1. The second-order valence-corrected chi connectivity index (χ2v) is 9.94. The number of hydrogen-bond acceptors (Lipinski definition) is 5. The largest absolute Gasteiger partial charge is 0.379 e. The molecule has 2 aliphatic rings. The maximum Gasteiger partial charge on any atom is 0.223 e. The van der Waals surface area contributed by atoms with E-state index in [1.165, 1.54) is 0 Å². The van der Waals surface area contributed by atoms with Gasteiger partial charge in [-0.15, -0.1) is 0 Å². The third-order valence-electron chi connectivity index (χ3n) is 7.15. The monoisotopic (exact) mass is 489 g/mol. The molecule has 0 radical (unpaired) electrons. The quantitative estimate of drug-likeness (QED) is 0.451. The Hall–Kier alpha value is -3.16. The van der Waals surface area contributed by atoms with E-state index in [2.05, 4.69) is 33.0 Å². The molecule has 0 saturated carbocycles. The topological polar surface area (TPSA) is 72.3 Å². The molecule has 1 N–H and O–H groups in total. The number of ether oxygens (including phenoxy) is 1. The number of imidazole rings is 1. The van der Waals surface area contributed by atoms with Gasteiger partial charge >= 0.3 is 0 Å². The van der Waals surface area contributed by atoms with E-state index in [-0.39, 0.29) is 17.9 Å².